The molecule has 2 fully saturated rings. The Labute approximate surface area is 297 Å². The average Bonchev–Trinajstić information content (AvgIpc) is 3.19. The number of hydrogen-bond donors (Lipinski definition) is 0. The maximum atomic E-state index is 15.1. The molecule has 7 rings (SSSR count). The topological polar surface area (TPSA) is 97.4 Å². The maximum Gasteiger partial charge on any atom is 0.333 e. The van der Waals surface area contributed by atoms with Crippen LogP contribution >= 0.6 is 15.9 Å². The van der Waals surface area contributed by atoms with Crippen LogP contribution < -0.4 is 14.2 Å². The van der Waals surface area contributed by atoms with Gasteiger partial charge in [-0.25, -0.2) is 4.79 Å². The van der Waals surface area contributed by atoms with Gasteiger partial charge >= 0.3 is 5.97 Å². The number of Topliss-reactive ketones (excluding diaryl/α,β-unsaturated/α-hetero) is 2. The normalized spacial score (nSPS) is 29.9. The summed E-state index contributed by atoms with van der Waals surface area (Å²) in [6, 6.07) is 0. The van der Waals surface area contributed by atoms with E-state index in [1.165, 1.54) is 12.7 Å². The molecule has 262 valence electrons. The summed E-state index contributed by atoms with van der Waals surface area (Å²) >= 11 is 3.43. The van der Waals surface area contributed by atoms with Crippen LogP contribution in [0.3, 0.4) is 0 Å². The van der Waals surface area contributed by atoms with Gasteiger partial charge in [-0.15, -0.1) is 0 Å². The first kappa shape index (κ1) is 35.4. The molecule has 9 heteroatoms. The largest absolute Gasteiger partial charge is 0.482 e. The predicted molar refractivity (Wildman–Crippen MR) is 191 cm³/mol. The second-order valence-corrected chi connectivity index (χ2v) is 15.6. The van der Waals surface area contributed by atoms with Crippen LogP contribution in [0.2, 0.25) is 0 Å². The third-order valence-corrected chi connectivity index (χ3v) is 11.1. The average molecular weight is 736 g/mol. The molecule has 3 aliphatic carbocycles. The quantitative estimate of drug-likeness (QED) is 0.102. The van der Waals surface area contributed by atoms with E-state index in [0.717, 1.165) is 24.0 Å². The Morgan fingerprint density at radius 2 is 1.73 bits per heavy atom. The number of ether oxygens (including phenoxy) is 5. The van der Waals surface area contributed by atoms with Crippen molar-refractivity contribution in [2.75, 3.05) is 12.6 Å². The highest BCUT2D eigenvalue weighted by Crippen LogP contribution is 2.68. The second-order valence-electron chi connectivity index (χ2n) is 15.2. The maximum absolute atomic E-state index is 15.1. The molecule has 0 N–H and O–H groups in total. The number of fused-ring (bicyclic) bond motifs is 2. The molecule has 0 aromatic heterocycles. The van der Waals surface area contributed by atoms with Gasteiger partial charge in [-0.05, 0) is 109 Å². The van der Waals surface area contributed by atoms with Crippen molar-refractivity contribution in [3.8, 4) is 17.2 Å². The van der Waals surface area contributed by atoms with Gasteiger partial charge in [-0.1, -0.05) is 35.5 Å². The van der Waals surface area contributed by atoms with Crippen molar-refractivity contribution in [3.05, 3.63) is 69.4 Å². The number of alkyl halides is 1. The minimum absolute atomic E-state index is 0.0455. The van der Waals surface area contributed by atoms with E-state index in [-0.39, 0.29) is 29.4 Å². The summed E-state index contributed by atoms with van der Waals surface area (Å²) in [6.45, 7) is 15.9. The Morgan fingerprint density at radius 1 is 1.02 bits per heavy atom. The van der Waals surface area contributed by atoms with Gasteiger partial charge in [0.2, 0.25) is 0 Å². The van der Waals surface area contributed by atoms with E-state index in [9.17, 15) is 9.59 Å². The molecule has 5 atom stereocenters. The SMILES string of the molecule is COC(=O)C(C)=CCC12OC(C)(C)C3CC(C=C4C(=O)c5c(OCBr)c6c(c(CC=C(C)C)c5OC431)OC(C)(CCC=C(C)C)C=C6)C2=O. The lowest BCUT2D eigenvalue weighted by atomic mass is 9.51. The van der Waals surface area contributed by atoms with E-state index in [1.807, 2.05) is 39.8 Å². The molecule has 8 nitrogen and oxygen atoms in total. The molecular weight excluding hydrogens is 688 g/mol. The Morgan fingerprint density at radius 3 is 2.39 bits per heavy atom. The van der Waals surface area contributed by atoms with E-state index in [2.05, 4.69) is 48.9 Å². The van der Waals surface area contributed by atoms with Crippen molar-refractivity contribution in [2.45, 2.75) is 110 Å². The van der Waals surface area contributed by atoms with E-state index in [4.69, 9.17) is 23.7 Å². The third-order valence-electron chi connectivity index (χ3n) is 10.8. The lowest BCUT2D eigenvalue weighted by Crippen LogP contribution is -2.72. The highest BCUT2D eigenvalue weighted by molar-refractivity contribution is 9.09. The van der Waals surface area contributed by atoms with Crippen LogP contribution in [0.4, 0.5) is 0 Å². The third kappa shape index (κ3) is 5.38. The highest BCUT2D eigenvalue weighted by Gasteiger charge is 2.81. The molecule has 1 saturated carbocycles. The van der Waals surface area contributed by atoms with Gasteiger partial charge in [-0.3, -0.25) is 9.59 Å². The Hall–Kier alpha value is -3.43. The summed E-state index contributed by atoms with van der Waals surface area (Å²) in [6.07, 6.45) is 14.4. The van der Waals surface area contributed by atoms with Gasteiger partial charge in [0.15, 0.2) is 22.8 Å². The van der Waals surface area contributed by atoms with E-state index in [0.29, 0.717) is 52.4 Å². The van der Waals surface area contributed by atoms with Crippen molar-refractivity contribution in [1.29, 1.82) is 0 Å². The fourth-order valence-electron chi connectivity index (χ4n) is 8.52. The van der Waals surface area contributed by atoms with Crippen LogP contribution in [0.1, 0.15) is 103 Å². The summed E-state index contributed by atoms with van der Waals surface area (Å²) in [7, 11) is 1.32. The number of esters is 1. The number of allylic oxidation sites excluding steroid dienone is 5. The lowest BCUT2D eigenvalue weighted by molar-refractivity contribution is -0.171. The molecule has 1 spiro atoms. The fourth-order valence-corrected chi connectivity index (χ4v) is 8.75. The van der Waals surface area contributed by atoms with Crippen LogP contribution in [0, 0.1) is 11.8 Å². The molecule has 0 amide bonds. The summed E-state index contributed by atoms with van der Waals surface area (Å²) in [5.74, 6) is -0.406. The van der Waals surface area contributed by atoms with Crippen molar-refractivity contribution in [1.82, 2.24) is 0 Å². The summed E-state index contributed by atoms with van der Waals surface area (Å²) in [5, 5.41) is 0. The standard InChI is InChI=1S/C40H47BrO8/c1-22(2)11-10-16-38(8)17-15-27-32(47-38)26(13-12-23(3)4)34-30(33(27)46-21-41)31(42)28-19-25-20-29-37(6,7)49-39(35(25)43,40(28,29)48-34)18-14-24(5)36(44)45-9/h11-12,14-15,17,19,25,29H,10,13,16,18,20-21H2,1-9H3. The summed E-state index contributed by atoms with van der Waals surface area (Å²) in [5.41, 5.74) is 0.551. The molecule has 49 heavy (non-hydrogen) atoms. The number of carbonyl (C=O) groups is 3. The van der Waals surface area contributed by atoms with E-state index in [1.54, 1.807) is 19.1 Å². The monoisotopic (exact) mass is 734 g/mol. The Kier molecular flexibility index (Phi) is 8.97. The lowest BCUT2D eigenvalue weighted by Gasteiger charge is -2.56. The van der Waals surface area contributed by atoms with Crippen LogP contribution in [-0.2, 0) is 25.5 Å². The Balaban J connectivity index is 1.61. The predicted octanol–water partition coefficient (Wildman–Crippen LogP) is 8.35. The van der Waals surface area contributed by atoms with Crippen molar-refractivity contribution < 1.29 is 38.1 Å². The molecule has 0 radical (unpaired) electrons. The van der Waals surface area contributed by atoms with Crippen LogP contribution in [0.5, 0.6) is 17.2 Å². The van der Waals surface area contributed by atoms with Crippen LogP contribution in [-0.4, -0.2) is 52.6 Å². The van der Waals surface area contributed by atoms with Crippen LogP contribution in [0.15, 0.2) is 52.7 Å². The number of hydrogen-bond acceptors (Lipinski definition) is 8. The fraction of sp³-hybridized carbons (Fsp3) is 0.525. The highest BCUT2D eigenvalue weighted by atomic mass is 79.9. The zero-order valence-corrected chi connectivity index (χ0v) is 31.6. The van der Waals surface area contributed by atoms with Gasteiger partial charge in [0.05, 0.1) is 18.3 Å². The molecule has 5 unspecified atom stereocenters. The molecular formula is C40H47BrO8. The molecule has 4 bridgehead atoms. The first-order valence-electron chi connectivity index (χ1n) is 17.1. The smallest absolute Gasteiger partial charge is 0.333 e. The van der Waals surface area contributed by atoms with E-state index >= 15 is 4.79 Å². The van der Waals surface area contributed by atoms with Crippen molar-refractivity contribution in [3.63, 3.8) is 0 Å². The zero-order chi connectivity index (χ0) is 35.7. The zero-order valence-electron chi connectivity index (χ0n) is 30.0. The van der Waals surface area contributed by atoms with Gasteiger partial charge in [0.25, 0.3) is 0 Å². The van der Waals surface area contributed by atoms with Gasteiger partial charge < -0.3 is 23.7 Å². The molecule has 1 saturated heterocycles. The number of rotatable bonds is 10. The minimum Gasteiger partial charge on any atom is -0.482 e. The first-order chi connectivity index (χ1) is 23.1. The summed E-state index contributed by atoms with van der Waals surface area (Å²) in [4.78, 5) is 42.1. The van der Waals surface area contributed by atoms with E-state index < -0.39 is 34.3 Å². The number of ketones is 2. The van der Waals surface area contributed by atoms with Gasteiger partial charge in [-0.2, -0.15) is 0 Å². The number of methoxy groups -OCH3 is 1. The minimum atomic E-state index is -1.55. The van der Waals surface area contributed by atoms with Crippen molar-refractivity contribution in [2.24, 2.45) is 11.8 Å². The van der Waals surface area contributed by atoms with Gasteiger partial charge in [0.1, 0.15) is 33.9 Å². The Bertz CT molecular complexity index is 1780. The molecule has 6 aliphatic rings. The first-order valence-corrected chi connectivity index (χ1v) is 18.2. The molecule has 1 aromatic carbocycles. The van der Waals surface area contributed by atoms with Crippen molar-refractivity contribution >= 4 is 39.5 Å². The number of benzene rings is 1. The second kappa shape index (κ2) is 12.4. The van der Waals surface area contributed by atoms with Gasteiger partial charge in [0, 0.05) is 35.0 Å². The number of carbonyl (C=O) groups excluding carboxylic acids is 3. The van der Waals surface area contributed by atoms with Crippen LogP contribution in [0.25, 0.3) is 6.08 Å². The molecule has 3 aliphatic heterocycles. The number of halogens is 1. The summed E-state index contributed by atoms with van der Waals surface area (Å²) < 4.78 is 32.4. The molecule has 1 aromatic rings. The molecule has 3 heterocycles.